The fourth-order valence-electron chi connectivity index (χ4n) is 3.94. The van der Waals surface area contributed by atoms with Gasteiger partial charge in [0.05, 0.1) is 12.1 Å². The molecule has 2 nitrogen and oxygen atoms in total. The third-order valence-corrected chi connectivity index (χ3v) is 5.38. The van der Waals surface area contributed by atoms with Crippen molar-refractivity contribution in [1.29, 1.82) is 0 Å². The molecule has 0 saturated carbocycles. The molecule has 0 heterocycles. The van der Waals surface area contributed by atoms with Crippen molar-refractivity contribution in [3.63, 3.8) is 0 Å². The summed E-state index contributed by atoms with van der Waals surface area (Å²) in [5, 5.41) is 18.0. The third-order valence-electron chi connectivity index (χ3n) is 5.38. The van der Waals surface area contributed by atoms with E-state index in [4.69, 9.17) is 5.73 Å². The van der Waals surface area contributed by atoms with E-state index in [9.17, 15) is 5.11 Å². The number of aliphatic hydroxyl groups is 1. The van der Waals surface area contributed by atoms with Crippen LogP contribution in [-0.2, 0) is 0 Å². The molecular formula is C23H25NO. The summed E-state index contributed by atoms with van der Waals surface area (Å²) in [5.74, 6) is 0.572. The van der Waals surface area contributed by atoms with E-state index in [1.165, 1.54) is 26.9 Å². The summed E-state index contributed by atoms with van der Waals surface area (Å²) in [6, 6.07) is 19.0. The third kappa shape index (κ3) is 2.76. The standard InChI is InChI=1S/C23H25NO/c1-14(2)6-13-20(25)23(24)19-12-10-17-8-7-15-4-3-5-16-9-11-18(19)22(17)21(15)16/h3-5,7-12,14,20,23,25H,6,13,24H2,1-2H3/t20-,23+/m1/s1. The van der Waals surface area contributed by atoms with Gasteiger partial charge in [0.25, 0.3) is 0 Å². The summed E-state index contributed by atoms with van der Waals surface area (Å²) in [6.45, 7) is 4.35. The number of aliphatic hydroxyl groups excluding tert-OH is 1. The van der Waals surface area contributed by atoms with E-state index in [0.29, 0.717) is 5.92 Å². The van der Waals surface area contributed by atoms with Gasteiger partial charge in [-0.05, 0) is 56.6 Å². The van der Waals surface area contributed by atoms with Crippen LogP contribution in [-0.4, -0.2) is 11.2 Å². The maximum Gasteiger partial charge on any atom is 0.0733 e. The van der Waals surface area contributed by atoms with Crippen molar-refractivity contribution < 1.29 is 5.11 Å². The van der Waals surface area contributed by atoms with Gasteiger partial charge in [-0.25, -0.2) is 0 Å². The minimum Gasteiger partial charge on any atom is -0.391 e. The molecule has 0 fully saturated rings. The van der Waals surface area contributed by atoms with Crippen molar-refractivity contribution in [2.24, 2.45) is 11.7 Å². The van der Waals surface area contributed by atoms with E-state index < -0.39 is 6.10 Å². The number of rotatable bonds is 5. The number of benzene rings is 4. The molecule has 2 atom stereocenters. The fraction of sp³-hybridized carbons (Fsp3) is 0.304. The van der Waals surface area contributed by atoms with Gasteiger partial charge in [0.15, 0.2) is 0 Å². The number of hydrogen-bond donors (Lipinski definition) is 2. The first-order valence-electron chi connectivity index (χ1n) is 9.16. The van der Waals surface area contributed by atoms with Crippen molar-refractivity contribution in [3.8, 4) is 0 Å². The summed E-state index contributed by atoms with van der Waals surface area (Å²) >= 11 is 0. The van der Waals surface area contributed by atoms with Gasteiger partial charge in [-0.15, -0.1) is 0 Å². The van der Waals surface area contributed by atoms with Crippen molar-refractivity contribution >= 4 is 32.3 Å². The van der Waals surface area contributed by atoms with Crippen molar-refractivity contribution in [2.45, 2.75) is 38.8 Å². The monoisotopic (exact) mass is 331 g/mol. The lowest BCUT2D eigenvalue weighted by Crippen LogP contribution is -2.26. The summed E-state index contributed by atoms with van der Waals surface area (Å²) in [7, 11) is 0. The zero-order valence-corrected chi connectivity index (χ0v) is 14.9. The van der Waals surface area contributed by atoms with Gasteiger partial charge in [-0.3, -0.25) is 0 Å². The molecule has 0 amide bonds. The molecule has 3 N–H and O–H groups in total. The van der Waals surface area contributed by atoms with Gasteiger partial charge in [0.2, 0.25) is 0 Å². The normalized spacial score (nSPS) is 14.8. The summed E-state index contributed by atoms with van der Waals surface area (Å²) < 4.78 is 0. The van der Waals surface area contributed by atoms with Gasteiger partial charge in [-0.2, -0.15) is 0 Å². The van der Waals surface area contributed by atoms with E-state index in [0.717, 1.165) is 23.8 Å². The zero-order valence-electron chi connectivity index (χ0n) is 14.9. The number of nitrogens with two attached hydrogens (primary N) is 1. The molecule has 4 rings (SSSR count). The average Bonchev–Trinajstić information content (AvgIpc) is 2.63. The van der Waals surface area contributed by atoms with E-state index in [1.807, 2.05) is 0 Å². The quantitative estimate of drug-likeness (QED) is 0.482. The highest BCUT2D eigenvalue weighted by atomic mass is 16.3. The van der Waals surface area contributed by atoms with Gasteiger partial charge in [-0.1, -0.05) is 68.4 Å². The van der Waals surface area contributed by atoms with E-state index in [-0.39, 0.29) is 6.04 Å². The Hall–Kier alpha value is -2.16. The van der Waals surface area contributed by atoms with E-state index in [2.05, 4.69) is 68.4 Å². The predicted molar refractivity (Wildman–Crippen MR) is 107 cm³/mol. The van der Waals surface area contributed by atoms with Crippen molar-refractivity contribution in [3.05, 3.63) is 60.2 Å². The van der Waals surface area contributed by atoms with Crippen LogP contribution in [0.4, 0.5) is 0 Å². The Labute approximate surface area is 148 Å². The largest absolute Gasteiger partial charge is 0.391 e. The average molecular weight is 331 g/mol. The Kier molecular flexibility index (Phi) is 4.10. The molecule has 0 spiro atoms. The van der Waals surface area contributed by atoms with E-state index >= 15 is 0 Å². The summed E-state index contributed by atoms with van der Waals surface area (Å²) in [5.41, 5.74) is 7.52. The lowest BCUT2D eigenvalue weighted by Gasteiger charge is -2.23. The molecule has 4 aromatic rings. The highest BCUT2D eigenvalue weighted by Crippen LogP contribution is 2.37. The second-order valence-corrected chi connectivity index (χ2v) is 7.58. The fourth-order valence-corrected chi connectivity index (χ4v) is 3.94. The van der Waals surface area contributed by atoms with Crippen molar-refractivity contribution in [2.75, 3.05) is 0 Å². The second-order valence-electron chi connectivity index (χ2n) is 7.58. The van der Waals surface area contributed by atoms with Crippen LogP contribution in [0.1, 0.15) is 38.3 Å². The van der Waals surface area contributed by atoms with Crippen LogP contribution >= 0.6 is 0 Å². The van der Waals surface area contributed by atoms with Crippen LogP contribution < -0.4 is 5.73 Å². The Balaban J connectivity index is 1.87. The molecule has 128 valence electrons. The summed E-state index contributed by atoms with van der Waals surface area (Å²) in [4.78, 5) is 0. The minimum absolute atomic E-state index is 0.358. The first-order valence-corrected chi connectivity index (χ1v) is 9.16. The molecule has 0 radical (unpaired) electrons. The molecular weight excluding hydrogens is 306 g/mol. The van der Waals surface area contributed by atoms with Crippen LogP contribution in [0.5, 0.6) is 0 Å². The topological polar surface area (TPSA) is 46.2 Å². The highest BCUT2D eigenvalue weighted by Gasteiger charge is 2.20. The molecule has 0 aliphatic carbocycles. The van der Waals surface area contributed by atoms with Crippen molar-refractivity contribution in [1.82, 2.24) is 0 Å². The summed E-state index contributed by atoms with van der Waals surface area (Å²) in [6.07, 6.45) is 1.21. The van der Waals surface area contributed by atoms with Gasteiger partial charge in [0, 0.05) is 0 Å². The molecule has 4 aromatic carbocycles. The SMILES string of the molecule is CC(C)CC[C@@H](O)[C@@H](N)c1ccc2ccc3cccc4ccc1c2c34. The van der Waals surface area contributed by atoms with Crippen LogP contribution in [0.3, 0.4) is 0 Å². The Morgan fingerprint density at radius 1 is 0.800 bits per heavy atom. The predicted octanol–water partition coefficient (Wildman–Crippen LogP) is 5.38. The molecule has 0 aromatic heterocycles. The minimum atomic E-state index is -0.513. The van der Waals surface area contributed by atoms with Gasteiger partial charge < -0.3 is 10.8 Å². The van der Waals surface area contributed by atoms with Gasteiger partial charge in [0.1, 0.15) is 0 Å². The maximum atomic E-state index is 10.6. The van der Waals surface area contributed by atoms with E-state index in [1.54, 1.807) is 0 Å². The molecule has 0 aliphatic heterocycles. The molecule has 0 unspecified atom stereocenters. The van der Waals surface area contributed by atoms with Crippen LogP contribution in [0.25, 0.3) is 32.3 Å². The Bertz CT molecular complexity index is 1000. The first kappa shape index (κ1) is 16.3. The molecule has 2 heteroatoms. The highest BCUT2D eigenvalue weighted by molar-refractivity contribution is 6.23. The zero-order chi connectivity index (χ0) is 17.6. The molecule has 0 bridgehead atoms. The Morgan fingerprint density at radius 2 is 1.40 bits per heavy atom. The lowest BCUT2D eigenvalue weighted by molar-refractivity contribution is 0.129. The first-order chi connectivity index (χ1) is 12.1. The van der Waals surface area contributed by atoms with Crippen LogP contribution in [0.15, 0.2) is 54.6 Å². The van der Waals surface area contributed by atoms with Crippen LogP contribution in [0, 0.1) is 5.92 Å². The second kappa shape index (κ2) is 6.29. The lowest BCUT2D eigenvalue weighted by atomic mass is 9.88. The Morgan fingerprint density at radius 3 is 2.08 bits per heavy atom. The van der Waals surface area contributed by atoms with Crippen LogP contribution in [0.2, 0.25) is 0 Å². The maximum absolute atomic E-state index is 10.6. The molecule has 0 aliphatic rings. The van der Waals surface area contributed by atoms with Gasteiger partial charge >= 0.3 is 0 Å². The number of hydrogen-bond acceptors (Lipinski definition) is 2. The molecule has 25 heavy (non-hydrogen) atoms. The smallest absolute Gasteiger partial charge is 0.0733 e. The molecule has 0 saturated heterocycles.